The van der Waals surface area contributed by atoms with Crippen molar-refractivity contribution < 1.29 is 18.3 Å². The summed E-state index contributed by atoms with van der Waals surface area (Å²) in [5.41, 5.74) is -0.292. The largest absolute Gasteiger partial charge is 0.478 e. The molecule has 5 nitrogen and oxygen atoms in total. The van der Waals surface area contributed by atoms with Crippen molar-refractivity contribution in [3.05, 3.63) is 27.7 Å². The summed E-state index contributed by atoms with van der Waals surface area (Å²) < 4.78 is 27.3. The normalized spacial score (nSPS) is 19.4. The standard InChI is InChI=1S/C12H13Cl2NO4S2/c13-9-5-10(14)11(4-8(9)12(16)17)21(18,19)15-7-2-1-3-20-6-7/h4-5,7,15H,1-3,6H2,(H,16,17). The van der Waals surface area contributed by atoms with Crippen molar-refractivity contribution >= 4 is 51.0 Å². The van der Waals surface area contributed by atoms with E-state index in [4.69, 9.17) is 28.3 Å². The number of aromatic carboxylic acids is 1. The zero-order valence-electron chi connectivity index (χ0n) is 10.8. The predicted octanol–water partition coefficient (Wildman–Crippen LogP) is 2.87. The molecular formula is C12H13Cl2NO4S2. The number of nitrogens with one attached hydrogen (secondary N) is 1. The van der Waals surface area contributed by atoms with Gasteiger partial charge < -0.3 is 5.11 Å². The van der Waals surface area contributed by atoms with Crippen molar-refractivity contribution in [1.29, 1.82) is 0 Å². The van der Waals surface area contributed by atoms with Gasteiger partial charge >= 0.3 is 5.97 Å². The minimum Gasteiger partial charge on any atom is -0.478 e. The van der Waals surface area contributed by atoms with E-state index in [1.54, 1.807) is 11.8 Å². The minimum atomic E-state index is -3.88. The molecule has 9 heteroatoms. The third-order valence-corrected chi connectivity index (χ3v) is 6.54. The van der Waals surface area contributed by atoms with E-state index in [0.717, 1.165) is 30.7 Å². The molecule has 1 unspecified atom stereocenters. The molecule has 0 bridgehead atoms. The SMILES string of the molecule is O=C(O)c1cc(S(=O)(=O)NC2CCCSC2)c(Cl)cc1Cl. The molecule has 1 heterocycles. The number of carboxylic acids is 1. The quantitative estimate of drug-likeness (QED) is 0.852. The van der Waals surface area contributed by atoms with E-state index in [9.17, 15) is 13.2 Å². The van der Waals surface area contributed by atoms with Crippen molar-refractivity contribution in [2.24, 2.45) is 0 Å². The molecule has 0 spiro atoms. The van der Waals surface area contributed by atoms with E-state index in [0.29, 0.717) is 5.75 Å². The van der Waals surface area contributed by atoms with Crippen LogP contribution in [0.5, 0.6) is 0 Å². The van der Waals surface area contributed by atoms with Crippen LogP contribution in [0.25, 0.3) is 0 Å². The third-order valence-electron chi connectivity index (χ3n) is 3.02. The average molecular weight is 370 g/mol. The molecule has 0 aromatic heterocycles. The first-order valence-electron chi connectivity index (χ1n) is 6.13. The molecule has 1 saturated heterocycles. The summed E-state index contributed by atoms with van der Waals surface area (Å²) in [5, 5.41) is 8.83. The van der Waals surface area contributed by atoms with E-state index < -0.39 is 16.0 Å². The molecule has 116 valence electrons. The topological polar surface area (TPSA) is 83.5 Å². The van der Waals surface area contributed by atoms with Crippen LogP contribution in [0.2, 0.25) is 10.0 Å². The Labute approximate surface area is 137 Å². The molecule has 0 saturated carbocycles. The Hall–Kier alpha value is -0.470. The first kappa shape index (κ1) is 16.9. The second kappa shape index (κ2) is 6.75. The van der Waals surface area contributed by atoms with Gasteiger partial charge in [0, 0.05) is 11.8 Å². The highest BCUT2D eigenvalue weighted by molar-refractivity contribution is 7.99. The highest BCUT2D eigenvalue weighted by Crippen LogP contribution is 2.29. The average Bonchev–Trinajstić information content (AvgIpc) is 2.38. The van der Waals surface area contributed by atoms with E-state index in [1.165, 1.54) is 0 Å². The Morgan fingerprint density at radius 3 is 2.62 bits per heavy atom. The number of carboxylic acid groups (broad SMARTS) is 1. The molecule has 0 aliphatic carbocycles. The fourth-order valence-electron chi connectivity index (χ4n) is 2.02. The van der Waals surface area contributed by atoms with Crippen molar-refractivity contribution in [1.82, 2.24) is 4.72 Å². The van der Waals surface area contributed by atoms with Gasteiger partial charge in [0.05, 0.1) is 15.6 Å². The van der Waals surface area contributed by atoms with Crippen LogP contribution < -0.4 is 4.72 Å². The highest BCUT2D eigenvalue weighted by atomic mass is 35.5. The summed E-state index contributed by atoms with van der Waals surface area (Å²) in [7, 11) is -3.88. The number of rotatable bonds is 4. The van der Waals surface area contributed by atoms with Crippen LogP contribution in [0, 0.1) is 0 Å². The second-order valence-electron chi connectivity index (χ2n) is 4.60. The molecular weight excluding hydrogens is 357 g/mol. The van der Waals surface area contributed by atoms with Crippen LogP contribution >= 0.6 is 35.0 Å². The summed E-state index contributed by atoms with van der Waals surface area (Å²) in [6, 6.07) is 1.95. The van der Waals surface area contributed by atoms with Crippen LogP contribution in [0.4, 0.5) is 0 Å². The molecule has 1 aliphatic heterocycles. The number of benzene rings is 1. The van der Waals surface area contributed by atoms with Crippen molar-refractivity contribution in [3.63, 3.8) is 0 Å². The fraction of sp³-hybridized carbons (Fsp3) is 0.417. The van der Waals surface area contributed by atoms with Crippen LogP contribution in [0.3, 0.4) is 0 Å². The zero-order chi connectivity index (χ0) is 15.6. The van der Waals surface area contributed by atoms with Crippen molar-refractivity contribution in [3.8, 4) is 0 Å². The molecule has 0 radical (unpaired) electrons. The smallest absolute Gasteiger partial charge is 0.337 e. The summed E-state index contributed by atoms with van der Waals surface area (Å²) >= 11 is 13.3. The van der Waals surface area contributed by atoms with Gasteiger partial charge in [0.25, 0.3) is 0 Å². The van der Waals surface area contributed by atoms with Gasteiger partial charge in [-0.1, -0.05) is 23.2 Å². The van der Waals surface area contributed by atoms with Gasteiger partial charge in [0.1, 0.15) is 4.90 Å². The van der Waals surface area contributed by atoms with Crippen LogP contribution in [0.15, 0.2) is 17.0 Å². The molecule has 2 rings (SSSR count). The first-order valence-corrected chi connectivity index (χ1v) is 9.53. The van der Waals surface area contributed by atoms with Crippen LogP contribution in [0.1, 0.15) is 23.2 Å². The van der Waals surface area contributed by atoms with Gasteiger partial charge in [0.2, 0.25) is 10.0 Å². The Morgan fingerprint density at radius 2 is 2.05 bits per heavy atom. The molecule has 1 aromatic carbocycles. The van der Waals surface area contributed by atoms with Gasteiger partial charge in [-0.3, -0.25) is 0 Å². The molecule has 21 heavy (non-hydrogen) atoms. The van der Waals surface area contributed by atoms with E-state index in [-0.39, 0.29) is 26.5 Å². The van der Waals surface area contributed by atoms with E-state index in [2.05, 4.69) is 4.72 Å². The lowest BCUT2D eigenvalue weighted by atomic mass is 10.2. The molecule has 1 aliphatic rings. The Kier molecular flexibility index (Phi) is 5.43. The van der Waals surface area contributed by atoms with Gasteiger partial charge in [0.15, 0.2) is 0 Å². The number of carbonyl (C=O) groups is 1. The summed E-state index contributed by atoms with van der Waals surface area (Å²) in [6.07, 6.45) is 1.69. The van der Waals surface area contributed by atoms with Gasteiger partial charge in [-0.25, -0.2) is 17.9 Å². The van der Waals surface area contributed by atoms with Crippen molar-refractivity contribution in [2.45, 2.75) is 23.8 Å². The number of thioether (sulfide) groups is 1. The maximum Gasteiger partial charge on any atom is 0.337 e. The predicted molar refractivity (Wildman–Crippen MR) is 84.1 cm³/mol. The number of hydrogen-bond donors (Lipinski definition) is 2. The Morgan fingerprint density at radius 1 is 1.33 bits per heavy atom. The highest BCUT2D eigenvalue weighted by Gasteiger charge is 2.26. The van der Waals surface area contributed by atoms with Gasteiger partial charge in [-0.2, -0.15) is 11.8 Å². The lowest BCUT2D eigenvalue weighted by molar-refractivity contribution is 0.0697. The molecule has 1 atom stereocenters. The zero-order valence-corrected chi connectivity index (χ0v) is 13.9. The first-order chi connectivity index (χ1) is 9.81. The molecule has 2 N–H and O–H groups in total. The Balaban J connectivity index is 2.34. The van der Waals surface area contributed by atoms with E-state index >= 15 is 0 Å². The lowest BCUT2D eigenvalue weighted by Gasteiger charge is -2.22. The number of sulfonamides is 1. The molecule has 0 amide bonds. The molecule has 1 aromatic rings. The third kappa shape index (κ3) is 4.04. The second-order valence-corrected chi connectivity index (χ2v) is 8.25. The van der Waals surface area contributed by atoms with Gasteiger partial charge in [-0.15, -0.1) is 0 Å². The Bertz CT molecular complexity index is 657. The van der Waals surface area contributed by atoms with Crippen molar-refractivity contribution in [2.75, 3.05) is 11.5 Å². The maximum absolute atomic E-state index is 12.4. The van der Waals surface area contributed by atoms with E-state index in [1.807, 2.05) is 0 Å². The monoisotopic (exact) mass is 369 g/mol. The minimum absolute atomic E-state index is 0.0963. The summed E-state index contributed by atoms with van der Waals surface area (Å²) in [4.78, 5) is 10.8. The number of hydrogen-bond acceptors (Lipinski definition) is 4. The van der Waals surface area contributed by atoms with Crippen LogP contribution in [-0.4, -0.2) is 37.0 Å². The van der Waals surface area contributed by atoms with Gasteiger partial charge in [-0.05, 0) is 30.7 Å². The lowest BCUT2D eigenvalue weighted by Crippen LogP contribution is -2.38. The maximum atomic E-state index is 12.4. The number of halogens is 2. The molecule has 1 fully saturated rings. The van der Waals surface area contributed by atoms with Crippen LogP contribution in [-0.2, 0) is 10.0 Å². The summed E-state index contributed by atoms with van der Waals surface area (Å²) in [6.45, 7) is 0. The fourth-order valence-corrected chi connectivity index (χ4v) is 5.32. The summed E-state index contributed by atoms with van der Waals surface area (Å²) in [5.74, 6) is 0.403.